The SMILES string of the molecule is N=[SH](=O)C=Cc1ccccc1. The summed E-state index contributed by atoms with van der Waals surface area (Å²) < 4.78 is 17.1. The third-order valence-corrected chi connectivity index (χ3v) is 1.62. The monoisotopic (exact) mass is 167 g/mol. The first kappa shape index (κ1) is 8.01. The van der Waals surface area contributed by atoms with Gasteiger partial charge in [0.15, 0.2) is 0 Å². The van der Waals surface area contributed by atoms with Crippen LogP contribution in [0.4, 0.5) is 0 Å². The van der Waals surface area contributed by atoms with E-state index in [-0.39, 0.29) is 0 Å². The second-order valence-electron chi connectivity index (χ2n) is 2.05. The van der Waals surface area contributed by atoms with Gasteiger partial charge in [0.2, 0.25) is 0 Å². The van der Waals surface area contributed by atoms with Crippen LogP contribution in [-0.2, 0) is 10.6 Å². The van der Waals surface area contributed by atoms with E-state index < -0.39 is 10.6 Å². The standard InChI is InChI=1S/C8H9NOS/c9-11(10)7-6-8-4-2-1-3-5-8/h1-7,9,11H. The Morgan fingerprint density at radius 2 is 1.91 bits per heavy atom. The third kappa shape index (κ3) is 3.00. The highest BCUT2D eigenvalue weighted by Gasteiger charge is 1.80. The maximum atomic E-state index is 10.3. The van der Waals surface area contributed by atoms with Gasteiger partial charge in [-0.1, -0.05) is 30.3 Å². The van der Waals surface area contributed by atoms with Gasteiger partial charge in [0.1, 0.15) is 0 Å². The molecule has 0 amide bonds. The molecule has 1 rings (SSSR count). The third-order valence-electron chi connectivity index (χ3n) is 1.20. The summed E-state index contributed by atoms with van der Waals surface area (Å²) in [5, 5.41) is 1.38. The predicted octanol–water partition coefficient (Wildman–Crippen LogP) is 1.90. The summed E-state index contributed by atoms with van der Waals surface area (Å²) in [5.41, 5.74) is 0.975. The average molecular weight is 167 g/mol. The van der Waals surface area contributed by atoms with Crippen LogP contribution in [-0.4, -0.2) is 4.21 Å². The lowest BCUT2D eigenvalue weighted by atomic mass is 10.2. The fourth-order valence-electron chi connectivity index (χ4n) is 0.718. The lowest BCUT2D eigenvalue weighted by molar-refractivity contribution is 0.692. The molecule has 0 aliphatic carbocycles. The number of nitrogens with one attached hydrogen (secondary N) is 1. The average Bonchev–Trinajstić information content (AvgIpc) is 2.03. The summed E-state index contributed by atoms with van der Waals surface area (Å²) in [6.07, 6.45) is 1.69. The minimum absolute atomic E-state index is 0.975. The van der Waals surface area contributed by atoms with E-state index in [1.807, 2.05) is 30.3 Å². The summed E-state index contributed by atoms with van der Waals surface area (Å²) in [7, 11) is -1.90. The van der Waals surface area contributed by atoms with Crippen molar-refractivity contribution in [2.24, 2.45) is 0 Å². The summed E-state index contributed by atoms with van der Waals surface area (Å²) in [5.74, 6) is 0. The van der Waals surface area contributed by atoms with Gasteiger partial charge in [-0.15, -0.1) is 0 Å². The van der Waals surface area contributed by atoms with E-state index in [9.17, 15) is 4.21 Å². The molecular formula is C8H9NOS. The zero-order valence-electron chi connectivity index (χ0n) is 5.90. The normalized spacial score (nSPS) is 13.5. The maximum absolute atomic E-state index is 10.3. The predicted molar refractivity (Wildman–Crippen MR) is 47.7 cm³/mol. The molecule has 1 unspecified atom stereocenters. The van der Waals surface area contributed by atoms with Gasteiger partial charge in [-0.25, -0.2) is 4.21 Å². The van der Waals surface area contributed by atoms with Crippen molar-refractivity contribution in [2.75, 3.05) is 0 Å². The quantitative estimate of drug-likeness (QED) is 0.649. The van der Waals surface area contributed by atoms with Crippen LogP contribution >= 0.6 is 0 Å². The summed E-state index contributed by atoms with van der Waals surface area (Å²) >= 11 is 0. The molecule has 58 valence electrons. The van der Waals surface area contributed by atoms with Crippen LogP contribution in [0.3, 0.4) is 0 Å². The van der Waals surface area contributed by atoms with Crippen molar-refractivity contribution in [1.29, 1.82) is 4.78 Å². The van der Waals surface area contributed by atoms with Crippen LogP contribution in [0.5, 0.6) is 0 Å². The van der Waals surface area contributed by atoms with Gasteiger partial charge in [0.05, 0.1) is 10.6 Å². The van der Waals surface area contributed by atoms with E-state index in [1.54, 1.807) is 6.08 Å². The first-order valence-electron chi connectivity index (χ1n) is 3.20. The minimum atomic E-state index is -1.90. The van der Waals surface area contributed by atoms with Crippen LogP contribution in [0.25, 0.3) is 6.08 Å². The molecule has 0 saturated heterocycles. The van der Waals surface area contributed by atoms with Crippen LogP contribution in [0, 0.1) is 4.78 Å². The molecule has 1 atom stereocenters. The fraction of sp³-hybridized carbons (Fsp3) is 0. The lowest BCUT2D eigenvalue weighted by Gasteiger charge is -1.87. The molecule has 0 aliphatic heterocycles. The Labute approximate surface area is 67.6 Å². The van der Waals surface area contributed by atoms with Gasteiger partial charge in [-0.2, -0.15) is 0 Å². The molecule has 2 nitrogen and oxygen atoms in total. The van der Waals surface area contributed by atoms with Crippen LogP contribution in [0.1, 0.15) is 5.56 Å². The van der Waals surface area contributed by atoms with Crippen LogP contribution in [0.2, 0.25) is 0 Å². The van der Waals surface area contributed by atoms with Gasteiger partial charge in [-0.05, 0) is 11.6 Å². The molecule has 0 radical (unpaired) electrons. The first-order valence-corrected chi connectivity index (χ1v) is 4.53. The highest BCUT2D eigenvalue weighted by atomic mass is 32.2. The van der Waals surface area contributed by atoms with Crippen molar-refractivity contribution in [3.8, 4) is 0 Å². The van der Waals surface area contributed by atoms with Gasteiger partial charge < -0.3 is 0 Å². The topological polar surface area (TPSA) is 40.9 Å². The largest absolute Gasteiger partial charge is 0.252 e. The molecular weight excluding hydrogens is 158 g/mol. The number of hydrogen-bond donors (Lipinski definition) is 2. The van der Waals surface area contributed by atoms with E-state index in [4.69, 9.17) is 4.78 Å². The summed E-state index contributed by atoms with van der Waals surface area (Å²) in [4.78, 5) is 0. The Kier molecular flexibility index (Phi) is 2.86. The van der Waals surface area contributed by atoms with Crippen LogP contribution in [0.15, 0.2) is 35.7 Å². The van der Waals surface area contributed by atoms with Crippen molar-refractivity contribution in [3.63, 3.8) is 0 Å². The Bertz CT molecular complexity index is 306. The molecule has 11 heavy (non-hydrogen) atoms. The van der Waals surface area contributed by atoms with E-state index in [2.05, 4.69) is 0 Å². The number of rotatable bonds is 2. The van der Waals surface area contributed by atoms with Gasteiger partial charge in [0.25, 0.3) is 0 Å². The Morgan fingerprint density at radius 1 is 1.27 bits per heavy atom. The highest BCUT2D eigenvalue weighted by Crippen LogP contribution is 2.00. The van der Waals surface area contributed by atoms with Gasteiger partial charge in [-0.3, -0.25) is 4.78 Å². The summed E-state index contributed by atoms with van der Waals surface area (Å²) in [6, 6.07) is 9.51. The molecule has 0 fully saturated rings. The minimum Gasteiger partial charge on any atom is -0.252 e. The molecule has 0 spiro atoms. The highest BCUT2D eigenvalue weighted by molar-refractivity contribution is 7.76. The Hall–Kier alpha value is -1.09. The number of thiol groups is 1. The fourth-order valence-corrected chi connectivity index (χ4v) is 1.03. The molecule has 1 aromatic carbocycles. The van der Waals surface area contributed by atoms with E-state index in [0.29, 0.717) is 0 Å². The molecule has 0 bridgehead atoms. The Morgan fingerprint density at radius 3 is 2.45 bits per heavy atom. The van der Waals surface area contributed by atoms with E-state index >= 15 is 0 Å². The smallest absolute Gasteiger partial charge is 0.0547 e. The van der Waals surface area contributed by atoms with E-state index in [1.165, 1.54) is 5.41 Å². The number of hydrogen-bond acceptors (Lipinski definition) is 2. The molecule has 1 aromatic rings. The number of benzene rings is 1. The molecule has 0 saturated carbocycles. The molecule has 0 aromatic heterocycles. The van der Waals surface area contributed by atoms with Crippen molar-refractivity contribution in [1.82, 2.24) is 0 Å². The van der Waals surface area contributed by atoms with Crippen molar-refractivity contribution < 1.29 is 4.21 Å². The Balaban J connectivity index is 2.80. The van der Waals surface area contributed by atoms with Crippen molar-refractivity contribution in [2.45, 2.75) is 0 Å². The zero-order valence-corrected chi connectivity index (χ0v) is 6.79. The molecule has 0 aliphatic rings. The van der Waals surface area contributed by atoms with E-state index in [0.717, 1.165) is 5.56 Å². The van der Waals surface area contributed by atoms with Crippen molar-refractivity contribution >= 4 is 16.7 Å². The first-order chi connectivity index (χ1) is 5.29. The lowest BCUT2D eigenvalue weighted by Crippen LogP contribution is -1.68. The van der Waals surface area contributed by atoms with Gasteiger partial charge >= 0.3 is 0 Å². The second kappa shape index (κ2) is 3.93. The van der Waals surface area contributed by atoms with Gasteiger partial charge in [0, 0.05) is 5.41 Å². The zero-order chi connectivity index (χ0) is 8.10. The van der Waals surface area contributed by atoms with Crippen molar-refractivity contribution in [3.05, 3.63) is 41.3 Å². The maximum Gasteiger partial charge on any atom is 0.0547 e. The van der Waals surface area contributed by atoms with Crippen LogP contribution < -0.4 is 0 Å². The molecule has 3 heteroatoms. The second-order valence-corrected chi connectivity index (χ2v) is 3.00. The molecule has 0 heterocycles. The summed E-state index contributed by atoms with van der Waals surface area (Å²) in [6.45, 7) is 0. The molecule has 1 N–H and O–H groups in total.